The Morgan fingerprint density at radius 2 is 1.81 bits per heavy atom. The third-order valence-corrected chi connectivity index (χ3v) is 5.69. The number of benzene rings is 2. The highest BCUT2D eigenvalue weighted by Crippen LogP contribution is 2.50. The summed E-state index contributed by atoms with van der Waals surface area (Å²) in [6, 6.07) is 12.1. The Kier molecular flexibility index (Phi) is 4.69. The Bertz CT molecular complexity index is 1060. The van der Waals surface area contributed by atoms with Gasteiger partial charge in [0.2, 0.25) is 6.10 Å². The van der Waals surface area contributed by atoms with Crippen LogP contribution in [-0.4, -0.2) is 52.9 Å². The summed E-state index contributed by atoms with van der Waals surface area (Å²) < 4.78 is 11.2. The van der Waals surface area contributed by atoms with Crippen LogP contribution in [-0.2, 0) is 19.2 Å². The van der Waals surface area contributed by atoms with E-state index in [1.807, 2.05) is 12.1 Å². The molecule has 2 fully saturated rings. The normalized spacial score (nSPS) is 28.4. The first-order chi connectivity index (χ1) is 15.0. The van der Waals surface area contributed by atoms with Crippen molar-refractivity contribution in [2.45, 2.75) is 37.2 Å². The fraction of sp³-hybridized carbons (Fsp3) is 0.333. The van der Waals surface area contributed by atoms with Crippen molar-refractivity contribution in [2.24, 2.45) is 0 Å². The molecule has 10 heteroatoms. The summed E-state index contributed by atoms with van der Waals surface area (Å²) in [6.45, 7) is 1.89. The molecule has 5 atom stereocenters. The smallest absolute Gasteiger partial charge is 0.341 e. The van der Waals surface area contributed by atoms with Crippen LogP contribution in [0.25, 0.3) is 0 Å². The molecule has 0 bridgehead atoms. The van der Waals surface area contributed by atoms with Crippen LogP contribution in [0.15, 0.2) is 48.5 Å². The van der Waals surface area contributed by atoms with Crippen molar-refractivity contribution in [1.29, 1.82) is 0 Å². The van der Waals surface area contributed by atoms with Crippen LogP contribution >= 0.6 is 0 Å². The topological polar surface area (TPSA) is 117 Å². The number of carbonyl (C=O) groups is 2. The minimum absolute atomic E-state index is 0.110. The molecule has 0 N–H and O–H groups in total. The van der Waals surface area contributed by atoms with E-state index < -0.39 is 41.2 Å². The molecule has 0 spiro atoms. The molecule has 3 heterocycles. The van der Waals surface area contributed by atoms with E-state index >= 15 is 0 Å². The van der Waals surface area contributed by atoms with Crippen LogP contribution in [0.3, 0.4) is 0 Å². The zero-order valence-corrected chi connectivity index (χ0v) is 16.4. The number of nitro benzene ring substituents is 1. The number of esters is 1. The monoisotopic (exact) mass is 426 g/mol. The number of non-ortho nitro benzene ring substituents is 1. The number of carbonyl (C=O) groups excluding carboxylic acids is 2. The second kappa shape index (κ2) is 7.41. The molecule has 0 radical (unpaired) electrons. The number of nitrogens with zero attached hydrogens (tertiary/aromatic N) is 2. The average Bonchev–Trinajstić information content (AvgIpc) is 3.33. The van der Waals surface area contributed by atoms with Crippen molar-refractivity contribution in [3.05, 3.63) is 69.8 Å². The maximum absolute atomic E-state index is 13.3. The lowest BCUT2D eigenvalue weighted by Crippen LogP contribution is -2.48. The minimum Gasteiger partial charge on any atom is -0.485 e. The highest BCUT2D eigenvalue weighted by Gasteiger charge is 2.64. The van der Waals surface area contributed by atoms with Crippen LogP contribution in [0.4, 0.5) is 5.69 Å². The lowest BCUT2D eigenvalue weighted by atomic mass is 9.79. The molecular weight excluding hydrogens is 408 g/mol. The molecule has 2 aromatic carbocycles. The predicted octanol–water partition coefficient (Wildman–Crippen LogP) is 2.18. The maximum Gasteiger partial charge on any atom is 0.341 e. The molecular formula is C21H18N2O8. The first-order valence-electron chi connectivity index (χ1n) is 9.83. The number of ether oxygens (including phenoxy) is 2. The number of fused-ring (bicyclic) bond motifs is 2. The summed E-state index contributed by atoms with van der Waals surface area (Å²) in [5.74, 6) is -0.833. The molecule has 0 amide bonds. The number of ketones is 1. The van der Waals surface area contributed by atoms with Crippen LogP contribution < -0.4 is 4.74 Å². The quantitative estimate of drug-likeness (QED) is 0.307. The predicted molar refractivity (Wildman–Crippen MR) is 103 cm³/mol. The summed E-state index contributed by atoms with van der Waals surface area (Å²) in [4.78, 5) is 47.6. The first kappa shape index (κ1) is 19.6. The lowest BCUT2D eigenvalue weighted by Gasteiger charge is -2.33. The van der Waals surface area contributed by atoms with E-state index in [9.17, 15) is 19.7 Å². The molecule has 5 rings (SSSR count). The molecule has 160 valence electrons. The molecule has 2 aromatic rings. The van der Waals surface area contributed by atoms with Crippen molar-refractivity contribution in [2.75, 3.05) is 6.61 Å². The van der Waals surface area contributed by atoms with Gasteiger partial charge in [-0.05, 0) is 25.1 Å². The third-order valence-electron chi connectivity index (χ3n) is 5.69. The Labute approximate surface area is 176 Å². The molecule has 0 aromatic heterocycles. The molecule has 3 aliphatic heterocycles. The highest BCUT2D eigenvalue weighted by molar-refractivity contribution is 6.00. The van der Waals surface area contributed by atoms with E-state index in [1.165, 1.54) is 29.5 Å². The standard InChI is InChI=1S/C21H18N2O8/c1-2-28-21(25)20-19-16-15(13-5-3-4-6-14(13)29-19)18(30-23(16)31-20)17(24)11-7-9-12(10-8-11)22(26)27/h3-10,15-16,18-20H,2H2,1H3/t15-,16-,18-,19+,20+/m0/s1. The van der Waals surface area contributed by atoms with Gasteiger partial charge >= 0.3 is 5.97 Å². The Balaban J connectivity index is 1.50. The summed E-state index contributed by atoms with van der Waals surface area (Å²) >= 11 is 0. The largest absolute Gasteiger partial charge is 0.485 e. The lowest BCUT2D eigenvalue weighted by molar-refractivity contribution is -0.384. The van der Waals surface area contributed by atoms with Crippen LogP contribution in [0.1, 0.15) is 28.8 Å². The summed E-state index contributed by atoms with van der Waals surface area (Å²) in [5.41, 5.74) is 0.931. The van der Waals surface area contributed by atoms with Crippen molar-refractivity contribution in [1.82, 2.24) is 5.23 Å². The van der Waals surface area contributed by atoms with Gasteiger partial charge in [-0.15, -0.1) is 0 Å². The first-order valence-corrected chi connectivity index (χ1v) is 9.83. The molecule has 10 nitrogen and oxygen atoms in total. The Morgan fingerprint density at radius 1 is 1.10 bits per heavy atom. The van der Waals surface area contributed by atoms with Gasteiger partial charge < -0.3 is 9.47 Å². The van der Waals surface area contributed by atoms with E-state index in [-0.39, 0.29) is 23.6 Å². The van der Waals surface area contributed by atoms with E-state index in [4.69, 9.17) is 19.1 Å². The van der Waals surface area contributed by atoms with Crippen LogP contribution in [0.5, 0.6) is 5.75 Å². The van der Waals surface area contributed by atoms with E-state index in [1.54, 1.807) is 19.1 Å². The number of nitro groups is 1. The van der Waals surface area contributed by atoms with Crippen molar-refractivity contribution in [3.63, 3.8) is 0 Å². The Hall–Kier alpha value is -3.34. The zero-order valence-electron chi connectivity index (χ0n) is 16.4. The number of hydrogen-bond donors (Lipinski definition) is 0. The number of hydroxylamine groups is 2. The van der Waals surface area contributed by atoms with E-state index in [0.717, 1.165) is 5.56 Å². The number of Topliss-reactive ketones (excluding diaryl/α,β-unsaturated/α-hetero) is 1. The molecule has 3 aliphatic rings. The second-order valence-corrected chi connectivity index (χ2v) is 7.39. The van der Waals surface area contributed by atoms with Gasteiger partial charge in [-0.1, -0.05) is 23.4 Å². The second-order valence-electron chi connectivity index (χ2n) is 7.39. The average molecular weight is 426 g/mol. The number of para-hydroxylation sites is 1. The summed E-state index contributed by atoms with van der Waals surface area (Å²) in [7, 11) is 0. The van der Waals surface area contributed by atoms with Crippen molar-refractivity contribution < 1.29 is 33.7 Å². The third kappa shape index (κ3) is 3.07. The highest BCUT2D eigenvalue weighted by atomic mass is 17.0. The van der Waals surface area contributed by atoms with Gasteiger partial charge in [-0.2, -0.15) is 0 Å². The minimum atomic E-state index is -1.02. The Morgan fingerprint density at radius 3 is 2.52 bits per heavy atom. The molecule has 31 heavy (non-hydrogen) atoms. The molecule has 0 aliphatic carbocycles. The number of rotatable bonds is 5. The SMILES string of the molecule is CCOC(=O)[C@@H]1ON2O[C@H](C(=O)c3ccc([N+](=O)[O-])cc3)[C@H]3c4ccccc4O[C@@H]1[C@H]32. The molecule has 0 saturated carbocycles. The van der Waals surface area contributed by atoms with Crippen molar-refractivity contribution >= 4 is 17.4 Å². The fourth-order valence-corrected chi connectivity index (χ4v) is 4.34. The van der Waals surface area contributed by atoms with Gasteiger partial charge in [-0.3, -0.25) is 24.6 Å². The fourth-order valence-electron chi connectivity index (χ4n) is 4.34. The van der Waals surface area contributed by atoms with Crippen LogP contribution in [0.2, 0.25) is 0 Å². The van der Waals surface area contributed by atoms with Crippen LogP contribution in [0, 0.1) is 10.1 Å². The summed E-state index contributed by atoms with van der Waals surface area (Å²) in [6.07, 6.45) is -2.67. The maximum atomic E-state index is 13.3. The van der Waals surface area contributed by atoms with Gasteiger partial charge in [0.15, 0.2) is 18.0 Å². The van der Waals surface area contributed by atoms with Gasteiger partial charge in [0.05, 0.1) is 11.5 Å². The van der Waals surface area contributed by atoms with Gasteiger partial charge in [0.1, 0.15) is 11.8 Å². The molecule has 2 saturated heterocycles. The molecule has 0 unspecified atom stereocenters. The number of hydrogen-bond acceptors (Lipinski definition) is 9. The zero-order chi connectivity index (χ0) is 21.7. The van der Waals surface area contributed by atoms with Gasteiger partial charge in [0.25, 0.3) is 5.69 Å². The van der Waals surface area contributed by atoms with Crippen molar-refractivity contribution in [3.8, 4) is 5.75 Å². The van der Waals surface area contributed by atoms with E-state index in [2.05, 4.69) is 0 Å². The van der Waals surface area contributed by atoms with Gasteiger partial charge in [0, 0.05) is 29.2 Å². The summed E-state index contributed by atoms with van der Waals surface area (Å²) in [5, 5.41) is 12.1. The van der Waals surface area contributed by atoms with E-state index in [0.29, 0.717) is 5.75 Å². The van der Waals surface area contributed by atoms with Gasteiger partial charge in [-0.25, -0.2) is 4.79 Å².